The Morgan fingerprint density at radius 1 is 0.733 bits per heavy atom. The van der Waals surface area contributed by atoms with Crippen molar-refractivity contribution in [1.29, 1.82) is 0 Å². The monoisotopic (exact) mass is 488 g/mol. The Labute approximate surface area is 187 Å². The van der Waals surface area contributed by atoms with Gasteiger partial charge in [-0.05, 0) is 52.0 Å². The highest BCUT2D eigenvalue weighted by Crippen LogP contribution is 2.20. The maximum atomic E-state index is 12.6. The van der Waals surface area contributed by atoms with Gasteiger partial charge in [0.2, 0.25) is 20.0 Å². The zero-order valence-corrected chi connectivity index (χ0v) is 20.5. The summed E-state index contributed by atoms with van der Waals surface area (Å²) in [5.41, 5.74) is 1.91. The van der Waals surface area contributed by atoms with Gasteiger partial charge in [-0.3, -0.25) is 0 Å². The lowest BCUT2D eigenvalue weighted by Crippen LogP contribution is -2.27. The summed E-state index contributed by atoms with van der Waals surface area (Å²) in [6, 6.07) is 13.0. The van der Waals surface area contributed by atoms with Gasteiger partial charge in [0.15, 0.2) is 0 Å². The van der Waals surface area contributed by atoms with Crippen LogP contribution in [0.15, 0.2) is 58.3 Å². The normalized spacial score (nSPS) is 12.0. The molecule has 0 aliphatic carbocycles. The number of nitrogens with zero attached hydrogens (tertiary/aromatic N) is 1. The minimum absolute atomic E-state index is 0.143. The number of rotatable bonds is 8. The van der Waals surface area contributed by atoms with Crippen molar-refractivity contribution < 1.29 is 21.4 Å². The summed E-state index contributed by atoms with van der Waals surface area (Å²) in [6.45, 7) is 8.75. The van der Waals surface area contributed by atoms with Crippen LogP contribution in [0.3, 0.4) is 0 Å². The van der Waals surface area contributed by atoms with Crippen molar-refractivity contribution in [3.8, 4) is 0 Å². The van der Waals surface area contributed by atoms with Crippen molar-refractivity contribution in [3.05, 3.63) is 59.7 Å². The van der Waals surface area contributed by atoms with Gasteiger partial charge in [-0.25, -0.2) is 21.4 Å². The topological polar surface area (TPSA) is 95.3 Å². The van der Waals surface area contributed by atoms with E-state index in [1.165, 1.54) is 24.3 Å². The highest BCUT2D eigenvalue weighted by atomic mass is 32.3. The van der Waals surface area contributed by atoms with Gasteiger partial charge in [0, 0.05) is 23.9 Å². The average Bonchev–Trinajstić information content (AvgIpc) is 2.71. The molecule has 0 radical (unpaired) electrons. The van der Waals surface area contributed by atoms with Crippen LogP contribution in [0.4, 0.5) is 0 Å². The predicted octanol–water partition coefficient (Wildman–Crippen LogP) is 3.26. The van der Waals surface area contributed by atoms with E-state index < -0.39 is 20.0 Å². The van der Waals surface area contributed by atoms with Crippen LogP contribution in [0.25, 0.3) is 0 Å². The van der Waals surface area contributed by atoms with E-state index in [4.69, 9.17) is 0 Å². The van der Waals surface area contributed by atoms with Crippen LogP contribution in [-0.2, 0) is 20.0 Å². The Morgan fingerprint density at radius 3 is 1.37 bits per heavy atom. The van der Waals surface area contributed by atoms with E-state index in [1.807, 2.05) is 32.3 Å². The number of hydrogen-bond donors (Lipinski definition) is 2. The lowest BCUT2D eigenvalue weighted by Gasteiger charge is -2.10. The molecule has 7 nitrogen and oxygen atoms in total. The summed E-state index contributed by atoms with van der Waals surface area (Å²) in [4.78, 5) is 0.287. The number of hydrogen-bond acceptors (Lipinski definition) is 6. The van der Waals surface area contributed by atoms with Gasteiger partial charge < -0.3 is 0 Å². The Morgan fingerprint density at radius 2 is 1.07 bits per heavy atom. The first-order chi connectivity index (χ1) is 14.1. The Hall–Kier alpha value is -1.37. The van der Waals surface area contributed by atoms with Gasteiger partial charge in [0.05, 0.1) is 9.79 Å². The van der Waals surface area contributed by atoms with Gasteiger partial charge >= 0.3 is 4.38 Å². The summed E-state index contributed by atoms with van der Waals surface area (Å²) in [6.07, 6.45) is 0. The molecule has 0 atom stereocenters. The molecular weight excluding hydrogens is 462 g/mol. The molecule has 2 aromatic carbocycles. The van der Waals surface area contributed by atoms with Gasteiger partial charge in [-0.15, -0.1) is 8.25 Å². The van der Waals surface area contributed by atoms with Crippen molar-refractivity contribution in [3.63, 3.8) is 0 Å². The van der Waals surface area contributed by atoms with Crippen molar-refractivity contribution in [2.24, 2.45) is 0 Å². The first-order valence-electron chi connectivity index (χ1n) is 9.21. The fourth-order valence-corrected chi connectivity index (χ4v) is 7.10. The van der Waals surface area contributed by atoms with Gasteiger partial charge in [-0.1, -0.05) is 35.4 Å². The second kappa shape index (κ2) is 10.8. The zero-order chi connectivity index (χ0) is 22.4. The molecule has 2 N–H and O–H groups in total. The third-order valence-corrected chi connectivity index (χ3v) is 9.73. The van der Waals surface area contributed by atoms with E-state index in [0.29, 0.717) is 17.5 Å². The SMILES string of the molecule is CC[N+](CC)=C(SNS(=O)(=O)c1ccc(C)cc1)SNS(=O)(=O)c1ccc(C)cc1. The van der Waals surface area contributed by atoms with Gasteiger partial charge in [0.25, 0.3) is 0 Å². The van der Waals surface area contributed by atoms with Crippen LogP contribution in [0.5, 0.6) is 0 Å². The second-order valence-electron chi connectivity index (χ2n) is 6.44. The molecule has 0 bridgehead atoms. The number of nitrogens with one attached hydrogen (secondary N) is 2. The molecule has 2 rings (SSSR count). The van der Waals surface area contributed by atoms with E-state index >= 15 is 0 Å². The van der Waals surface area contributed by atoms with E-state index in [9.17, 15) is 16.8 Å². The van der Waals surface area contributed by atoms with Crippen LogP contribution in [0.1, 0.15) is 25.0 Å². The van der Waals surface area contributed by atoms with Crippen molar-refractivity contribution >= 4 is 48.3 Å². The van der Waals surface area contributed by atoms with Crippen LogP contribution >= 0.6 is 23.9 Å². The molecule has 0 saturated heterocycles. The maximum Gasteiger partial charge on any atom is 0.302 e. The summed E-state index contributed by atoms with van der Waals surface area (Å²) >= 11 is 1.73. The number of aryl methyl sites for hydroxylation is 2. The lowest BCUT2D eigenvalue weighted by molar-refractivity contribution is -0.515. The maximum absolute atomic E-state index is 12.6. The highest BCUT2D eigenvalue weighted by Gasteiger charge is 2.24. The minimum atomic E-state index is -3.76. The third-order valence-electron chi connectivity index (χ3n) is 4.16. The van der Waals surface area contributed by atoms with E-state index in [0.717, 1.165) is 35.0 Å². The molecule has 0 spiro atoms. The molecule has 0 amide bonds. The molecule has 11 heteroatoms. The van der Waals surface area contributed by atoms with E-state index in [2.05, 4.69) is 8.25 Å². The van der Waals surface area contributed by atoms with Crippen molar-refractivity contribution in [2.75, 3.05) is 13.1 Å². The number of benzene rings is 2. The molecule has 0 unspecified atom stereocenters. The Bertz CT molecular complexity index is 1010. The highest BCUT2D eigenvalue weighted by molar-refractivity contribution is 8.40. The molecule has 0 aliphatic heterocycles. The van der Waals surface area contributed by atoms with Crippen LogP contribution in [0, 0.1) is 13.8 Å². The quantitative estimate of drug-likeness (QED) is 0.256. The first-order valence-corrected chi connectivity index (χ1v) is 13.8. The molecule has 30 heavy (non-hydrogen) atoms. The first kappa shape index (κ1) is 24.9. The average molecular weight is 489 g/mol. The molecule has 0 heterocycles. The zero-order valence-electron chi connectivity index (χ0n) is 17.2. The molecule has 2 aromatic rings. The molecule has 0 saturated carbocycles. The number of sulfonamides is 2. The predicted molar refractivity (Wildman–Crippen MR) is 125 cm³/mol. The van der Waals surface area contributed by atoms with Crippen molar-refractivity contribution in [2.45, 2.75) is 37.5 Å². The van der Waals surface area contributed by atoms with Crippen LogP contribution in [0.2, 0.25) is 0 Å². The summed E-state index contributed by atoms with van der Waals surface area (Å²) in [5.74, 6) is 0. The van der Waals surface area contributed by atoms with Gasteiger partial charge in [0.1, 0.15) is 13.1 Å². The smallest absolute Gasteiger partial charge is 0.217 e. The van der Waals surface area contributed by atoms with E-state index in [1.54, 1.807) is 24.3 Å². The Balaban J connectivity index is 2.18. The largest absolute Gasteiger partial charge is 0.302 e. The second-order valence-corrected chi connectivity index (χ2v) is 12.2. The fraction of sp³-hybridized carbons (Fsp3) is 0.316. The summed E-state index contributed by atoms with van der Waals surface area (Å²) in [7, 11) is -7.52. The third kappa shape index (κ3) is 6.82. The van der Waals surface area contributed by atoms with Crippen LogP contribution < -0.4 is 8.25 Å². The van der Waals surface area contributed by atoms with Crippen LogP contribution in [-0.4, -0.2) is 38.9 Å². The molecule has 0 aliphatic rings. The summed E-state index contributed by atoms with van der Waals surface area (Å²) in [5, 5.41) is 0. The van der Waals surface area contributed by atoms with Gasteiger partial charge in [-0.2, -0.15) is 0 Å². The molecule has 0 aromatic heterocycles. The Kier molecular flexibility index (Phi) is 8.95. The standard InChI is InChI=1S/C19H26N3O4S4/c1-5-22(6-2)19(27-20-29(23,24)17-11-7-15(3)8-12-17)28-21-30(25,26)18-13-9-16(4)10-14-18/h7-14,20-21H,5-6H2,1-4H3/q+1. The molecular formula is C19H26N3O4S4+. The fourth-order valence-electron chi connectivity index (χ4n) is 2.34. The van der Waals surface area contributed by atoms with E-state index in [-0.39, 0.29) is 9.79 Å². The minimum Gasteiger partial charge on any atom is -0.217 e. The molecule has 164 valence electrons. The molecule has 0 fully saturated rings. The summed E-state index contributed by atoms with van der Waals surface area (Å²) < 4.78 is 57.7. The van der Waals surface area contributed by atoms with Crippen molar-refractivity contribution in [1.82, 2.24) is 8.25 Å². The lowest BCUT2D eigenvalue weighted by atomic mass is 10.2.